The summed E-state index contributed by atoms with van der Waals surface area (Å²) in [6, 6.07) is 4.83. The first-order chi connectivity index (χ1) is 9.11. The van der Waals surface area contributed by atoms with E-state index in [2.05, 4.69) is 5.32 Å². The maximum atomic E-state index is 13.6. The third-order valence-corrected chi connectivity index (χ3v) is 3.39. The number of hydrogen-bond acceptors (Lipinski definition) is 3. The van der Waals surface area contributed by atoms with E-state index in [9.17, 15) is 9.18 Å². The van der Waals surface area contributed by atoms with Gasteiger partial charge in [-0.25, -0.2) is 4.39 Å². The average molecular weight is 303 g/mol. The second kappa shape index (κ2) is 7.45. The Hall–Kier alpha value is -1.33. The number of methoxy groups -OCH3 is 1. The number of carbonyl (C=O) groups is 1. The van der Waals surface area contributed by atoms with Gasteiger partial charge in [-0.3, -0.25) is 4.79 Å². The van der Waals surface area contributed by atoms with Crippen LogP contribution in [-0.4, -0.2) is 43.6 Å². The molecule has 112 valence electrons. The van der Waals surface area contributed by atoms with Gasteiger partial charge in [0.15, 0.2) is 11.6 Å². The highest BCUT2D eigenvalue weighted by atomic mass is 35.5. The van der Waals surface area contributed by atoms with Gasteiger partial charge in [0.2, 0.25) is 5.91 Å². The molecule has 20 heavy (non-hydrogen) atoms. The largest absolute Gasteiger partial charge is 0.494 e. The molecule has 1 aromatic carbocycles. The number of carbonyl (C=O) groups excluding carboxylic acids is 1. The highest BCUT2D eigenvalue weighted by Crippen LogP contribution is 2.18. The zero-order valence-electron chi connectivity index (χ0n) is 11.7. The van der Waals surface area contributed by atoms with E-state index in [1.165, 1.54) is 13.2 Å². The van der Waals surface area contributed by atoms with E-state index in [1.54, 1.807) is 12.1 Å². The molecule has 6 heteroatoms. The van der Waals surface area contributed by atoms with Crippen molar-refractivity contribution in [2.75, 3.05) is 26.7 Å². The molecule has 0 aromatic heterocycles. The zero-order chi connectivity index (χ0) is 13.8. The monoisotopic (exact) mass is 302 g/mol. The van der Waals surface area contributed by atoms with E-state index in [1.807, 2.05) is 11.8 Å². The maximum Gasteiger partial charge on any atom is 0.227 e. The molecule has 0 bridgehead atoms. The quantitative estimate of drug-likeness (QED) is 0.922. The number of benzene rings is 1. The number of halogens is 2. The Balaban J connectivity index is 0.00000200. The summed E-state index contributed by atoms with van der Waals surface area (Å²) in [4.78, 5) is 14.0. The summed E-state index contributed by atoms with van der Waals surface area (Å²) in [5.41, 5.74) is 0.675. The van der Waals surface area contributed by atoms with Crippen LogP contribution in [0.5, 0.6) is 5.75 Å². The van der Waals surface area contributed by atoms with Gasteiger partial charge >= 0.3 is 0 Å². The van der Waals surface area contributed by atoms with Crippen LogP contribution in [0, 0.1) is 5.82 Å². The summed E-state index contributed by atoms with van der Waals surface area (Å²) in [5.74, 6) is -0.188. The molecule has 1 saturated heterocycles. The minimum absolute atomic E-state index is 0. The summed E-state index contributed by atoms with van der Waals surface area (Å²) in [5, 5.41) is 3.24. The summed E-state index contributed by atoms with van der Waals surface area (Å²) >= 11 is 0. The molecule has 1 atom stereocenters. The molecule has 1 aliphatic rings. The first-order valence-corrected chi connectivity index (χ1v) is 6.44. The SMILES string of the molecule is COc1ccc(CC(=O)N2CCNC[C@H]2C)cc1F.Cl. The van der Waals surface area contributed by atoms with Crippen LogP contribution < -0.4 is 10.1 Å². The third kappa shape index (κ3) is 3.84. The summed E-state index contributed by atoms with van der Waals surface area (Å²) < 4.78 is 18.4. The van der Waals surface area contributed by atoms with Crippen LogP contribution in [0.25, 0.3) is 0 Å². The van der Waals surface area contributed by atoms with Crippen LogP contribution in [-0.2, 0) is 11.2 Å². The fourth-order valence-corrected chi connectivity index (χ4v) is 2.31. The number of rotatable bonds is 3. The standard InChI is InChI=1S/C14H19FN2O2.ClH/c1-10-9-16-5-6-17(10)14(18)8-11-3-4-13(19-2)12(15)7-11;/h3-4,7,10,16H,5-6,8-9H2,1-2H3;1H/t10-;/m1./s1. The van der Waals surface area contributed by atoms with Crippen molar-refractivity contribution in [3.05, 3.63) is 29.6 Å². The Kier molecular flexibility index (Phi) is 6.23. The second-order valence-corrected chi connectivity index (χ2v) is 4.79. The predicted molar refractivity (Wildman–Crippen MR) is 77.9 cm³/mol. The number of piperazine rings is 1. The van der Waals surface area contributed by atoms with E-state index in [-0.39, 0.29) is 36.5 Å². The Labute approximate surface area is 124 Å². The van der Waals surface area contributed by atoms with Crippen molar-refractivity contribution in [1.82, 2.24) is 10.2 Å². The van der Waals surface area contributed by atoms with Crippen LogP contribution in [0.1, 0.15) is 12.5 Å². The molecule has 4 nitrogen and oxygen atoms in total. The molecule has 1 heterocycles. The molecule has 1 aliphatic heterocycles. The van der Waals surface area contributed by atoms with Crippen LogP contribution in [0.4, 0.5) is 4.39 Å². The first kappa shape index (κ1) is 16.7. The van der Waals surface area contributed by atoms with Crippen molar-refractivity contribution in [2.24, 2.45) is 0 Å². The van der Waals surface area contributed by atoms with Crippen molar-refractivity contribution in [3.63, 3.8) is 0 Å². The topological polar surface area (TPSA) is 41.6 Å². The number of nitrogens with one attached hydrogen (secondary N) is 1. The molecule has 0 aliphatic carbocycles. The lowest BCUT2D eigenvalue weighted by Crippen LogP contribution is -2.52. The Bertz CT molecular complexity index is 470. The molecule has 0 unspecified atom stereocenters. The summed E-state index contributed by atoms with van der Waals surface area (Å²) in [6.07, 6.45) is 0.227. The fraction of sp³-hybridized carbons (Fsp3) is 0.500. The predicted octanol–water partition coefficient (Wildman–Crippen LogP) is 1.62. The molecule has 0 spiro atoms. The van der Waals surface area contributed by atoms with Crippen LogP contribution in [0.3, 0.4) is 0 Å². The lowest BCUT2D eigenvalue weighted by Gasteiger charge is -2.34. The fourth-order valence-electron chi connectivity index (χ4n) is 2.31. The molecule has 1 fully saturated rings. The van der Waals surface area contributed by atoms with E-state index in [0.717, 1.165) is 13.1 Å². The van der Waals surface area contributed by atoms with Gasteiger partial charge in [-0.05, 0) is 24.6 Å². The van der Waals surface area contributed by atoms with E-state index in [4.69, 9.17) is 4.74 Å². The van der Waals surface area contributed by atoms with Crippen LogP contribution in [0.2, 0.25) is 0 Å². The van der Waals surface area contributed by atoms with Gasteiger partial charge < -0.3 is 15.0 Å². The van der Waals surface area contributed by atoms with Crippen LogP contribution in [0.15, 0.2) is 18.2 Å². The molecule has 2 rings (SSSR count). The molecule has 1 N–H and O–H groups in total. The normalized spacial score (nSPS) is 18.4. The van der Waals surface area contributed by atoms with E-state index < -0.39 is 5.82 Å². The highest BCUT2D eigenvalue weighted by molar-refractivity contribution is 5.85. The summed E-state index contributed by atoms with van der Waals surface area (Å²) in [6.45, 7) is 4.34. The minimum atomic E-state index is -0.429. The van der Waals surface area contributed by atoms with Crippen molar-refractivity contribution >= 4 is 18.3 Å². The third-order valence-electron chi connectivity index (χ3n) is 3.39. The molecular formula is C14H20ClFN2O2. The van der Waals surface area contributed by atoms with E-state index in [0.29, 0.717) is 12.1 Å². The van der Waals surface area contributed by atoms with Gasteiger partial charge in [-0.2, -0.15) is 0 Å². The summed E-state index contributed by atoms with van der Waals surface area (Å²) in [7, 11) is 1.42. The second-order valence-electron chi connectivity index (χ2n) is 4.79. The van der Waals surface area contributed by atoms with Gasteiger partial charge in [0.1, 0.15) is 0 Å². The molecule has 1 amide bonds. The van der Waals surface area contributed by atoms with Gasteiger partial charge in [-0.1, -0.05) is 6.07 Å². The maximum absolute atomic E-state index is 13.6. The van der Waals surface area contributed by atoms with Gasteiger partial charge in [-0.15, -0.1) is 12.4 Å². The number of amides is 1. The Morgan fingerprint density at radius 1 is 1.55 bits per heavy atom. The van der Waals surface area contributed by atoms with Crippen molar-refractivity contribution in [2.45, 2.75) is 19.4 Å². The lowest BCUT2D eigenvalue weighted by atomic mass is 10.1. The molecule has 1 aromatic rings. The molecule has 0 saturated carbocycles. The van der Waals surface area contributed by atoms with Gasteiger partial charge in [0.05, 0.1) is 13.5 Å². The zero-order valence-corrected chi connectivity index (χ0v) is 12.5. The first-order valence-electron chi connectivity index (χ1n) is 6.44. The smallest absolute Gasteiger partial charge is 0.227 e. The molecular weight excluding hydrogens is 283 g/mol. The Morgan fingerprint density at radius 3 is 2.90 bits per heavy atom. The average Bonchev–Trinajstić information content (AvgIpc) is 2.39. The number of ether oxygens (including phenoxy) is 1. The lowest BCUT2D eigenvalue weighted by molar-refractivity contribution is -0.133. The van der Waals surface area contributed by atoms with Crippen molar-refractivity contribution < 1.29 is 13.9 Å². The van der Waals surface area contributed by atoms with Gasteiger partial charge in [0.25, 0.3) is 0 Å². The highest BCUT2D eigenvalue weighted by Gasteiger charge is 2.23. The van der Waals surface area contributed by atoms with Crippen LogP contribution >= 0.6 is 12.4 Å². The number of nitrogens with zero attached hydrogens (tertiary/aromatic N) is 1. The minimum Gasteiger partial charge on any atom is -0.494 e. The Morgan fingerprint density at radius 2 is 2.30 bits per heavy atom. The molecule has 0 radical (unpaired) electrons. The van der Waals surface area contributed by atoms with Gasteiger partial charge in [0, 0.05) is 25.7 Å². The number of hydrogen-bond donors (Lipinski definition) is 1. The van der Waals surface area contributed by atoms with Crippen molar-refractivity contribution in [1.29, 1.82) is 0 Å². The van der Waals surface area contributed by atoms with E-state index >= 15 is 0 Å². The van der Waals surface area contributed by atoms with Crippen molar-refractivity contribution in [3.8, 4) is 5.75 Å².